The normalized spacial score (nSPS) is 18.6. The molecule has 0 radical (unpaired) electrons. The zero-order chi connectivity index (χ0) is 18.8. The molecule has 0 spiro atoms. The number of fused-ring (bicyclic) bond motifs is 1. The van der Waals surface area contributed by atoms with Gasteiger partial charge in [-0.3, -0.25) is 0 Å². The fourth-order valence-electron chi connectivity index (χ4n) is 3.17. The number of benzene rings is 1. The minimum atomic E-state index is -0.350. The Morgan fingerprint density at radius 3 is 2.58 bits per heavy atom. The molecule has 26 heavy (non-hydrogen) atoms. The summed E-state index contributed by atoms with van der Waals surface area (Å²) >= 11 is 1.53. The third-order valence-corrected chi connectivity index (χ3v) is 5.15. The quantitative estimate of drug-likeness (QED) is 0.731. The van der Waals surface area contributed by atoms with Crippen LogP contribution < -0.4 is 9.47 Å². The van der Waals surface area contributed by atoms with Crippen LogP contribution in [-0.2, 0) is 9.53 Å². The Morgan fingerprint density at radius 1 is 1.23 bits per heavy atom. The summed E-state index contributed by atoms with van der Waals surface area (Å²) in [7, 11) is 3.21. The van der Waals surface area contributed by atoms with E-state index < -0.39 is 0 Å². The van der Waals surface area contributed by atoms with E-state index in [0.29, 0.717) is 29.4 Å². The van der Waals surface area contributed by atoms with Crippen LogP contribution in [0.15, 0.2) is 40.0 Å². The molecule has 1 atom stereocenters. The number of amidine groups is 1. The highest BCUT2D eigenvalue weighted by atomic mass is 32.2. The van der Waals surface area contributed by atoms with Gasteiger partial charge in [0.1, 0.15) is 0 Å². The molecule has 2 aliphatic rings. The lowest BCUT2D eigenvalue weighted by Gasteiger charge is -2.34. The summed E-state index contributed by atoms with van der Waals surface area (Å²) < 4.78 is 16.2. The van der Waals surface area contributed by atoms with E-state index in [1.807, 2.05) is 42.5 Å². The first-order valence-corrected chi connectivity index (χ1v) is 9.20. The van der Waals surface area contributed by atoms with Crippen molar-refractivity contribution in [3.8, 4) is 11.5 Å². The van der Waals surface area contributed by atoms with Gasteiger partial charge in [0.15, 0.2) is 16.7 Å². The number of thioether (sulfide) groups is 1. The van der Waals surface area contributed by atoms with E-state index in [4.69, 9.17) is 14.2 Å². The standard InChI is InChI=1S/C19H22N2O4S/c1-6-25-18(22)16-12(3)20-19-21(7-8-26-19)17(16)13-10-15(24-5)14(23-4)9-11(13)2/h7-10,17H,6H2,1-5H3/t17-/m1/s1. The zero-order valence-corrected chi connectivity index (χ0v) is 16.3. The maximum Gasteiger partial charge on any atom is 0.338 e. The topological polar surface area (TPSA) is 60.4 Å². The minimum Gasteiger partial charge on any atom is -0.493 e. The summed E-state index contributed by atoms with van der Waals surface area (Å²) in [6, 6.07) is 3.52. The van der Waals surface area contributed by atoms with Crippen LogP contribution in [0.1, 0.15) is 31.0 Å². The molecule has 0 fully saturated rings. The maximum atomic E-state index is 12.7. The molecule has 1 aromatic carbocycles. The van der Waals surface area contributed by atoms with E-state index in [1.54, 1.807) is 21.1 Å². The van der Waals surface area contributed by atoms with Gasteiger partial charge in [-0.15, -0.1) is 0 Å². The van der Waals surface area contributed by atoms with E-state index in [1.165, 1.54) is 11.8 Å². The van der Waals surface area contributed by atoms with Crippen LogP contribution in [0, 0.1) is 6.92 Å². The van der Waals surface area contributed by atoms with Gasteiger partial charge in [-0.1, -0.05) is 11.8 Å². The Bertz CT molecular complexity index is 829. The Balaban J connectivity index is 2.18. The van der Waals surface area contributed by atoms with Crippen molar-refractivity contribution in [2.45, 2.75) is 26.8 Å². The molecule has 0 amide bonds. The molecule has 0 saturated heterocycles. The first-order valence-electron chi connectivity index (χ1n) is 8.32. The summed E-state index contributed by atoms with van der Waals surface area (Å²) in [6.07, 6.45) is 1.94. The molecule has 0 unspecified atom stereocenters. The molecule has 1 aromatic rings. The number of ether oxygens (including phenoxy) is 3. The molecule has 138 valence electrons. The fourth-order valence-corrected chi connectivity index (χ4v) is 3.96. The van der Waals surface area contributed by atoms with Gasteiger partial charge in [0.05, 0.1) is 38.1 Å². The second kappa shape index (κ2) is 7.45. The summed E-state index contributed by atoms with van der Waals surface area (Å²) in [5, 5.41) is 2.80. The summed E-state index contributed by atoms with van der Waals surface area (Å²) in [5.74, 6) is 0.925. The zero-order valence-electron chi connectivity index (χ0n) is 15.5. The van der Waals surface area contributed by atoms with E-state index in [2.05, 4.69) is 4.99 Å². The van der Waals surface area contributed by atoms with E-state index in [-0.39, 0.29) is 12.0 Å². The van der Waals surface area contributed by atoms with Gasteiger partial charge in [0, 0.05) is 6.20 Å². The van der Waals surface area contributed by atoms with Crippen molar-refractivity contribution in [1.82, 2.24) is 4.90 Å². The number of carbonyl (C=O) groups excluding carboxylic acids is 1. The molecule has 2 aliphatic heterocycles. The number of aliphatic imine (C=N–C) groups is 1. The van der Waals surface area contributed by atoms with E-state index in [9.17, 15) is 4.79 Å². The molecular formula is C19H22N2O4S. The highest BCUT2D eigenvalue weighted by molar-refractivity contribution is 8.16. The van der Waals surface area contributed by atoms with Gasteiger partial charge in [-0.2, -0.15) is 0 Å². The lowest BCUT2D eigenvalue weighted by atomic mass is 9.91. The monoisotopic (exact) mass is 374 g/mol. The SMILES string of the molecule is CCOC(=O)C1=C(C)N=C2SC=CN2[C@@H]1c1cc(OC)c(OC)cc1C. The maximum absolute atomic E-state index is 12.7. The lowest BCUT2D eigenvalue weighted by molar-refractivity contribution is -0.139. The van der Waals surface area contributed by atoms with Crippen LogP contribution in [-0.4, -0.2) is 36.9 Å². The Hall–Kier alpha value is -2.41. The van der Waals surface area contributed by atoms with Gasteiger partial charge < -0.3 is 19.1 Å². The average Bonchev–Trinajstić information content (AvgIpc) is 3.08. The lowest BCUT2D eigenvalue weighted by Crippen LogP contribution is -2.34. The number of hydrogen-bond acceptors (Lipinski definition) is 7. The Kier molecular flexibility index (Phi) is 5.27. The molecule has 0 bridgehead atoms. The van der Waals surface area contributed by atoms with Gasteiger partial charge in [0.25, 0.3) is 0 Å². The van der Waals surface area contributed by atoms with Crippen LogP contribution in [0.25, 0.3) is 0 Å². The summed E-state index contributed by atoms with van der Waals surface area (Å²) in [4.78, 5) is 19.3. The molecule has 0 N–H and O–H groups in total. The fraction of sp³-hybridized carbons (Fsp3) is 0.368. The number of hydrogen-bond donors (Lipinski definition) is 0. The van der Waals surface area contributed by atoms with Crippen LogP contribution in [0.5, 0.6) is 11.5 Å². The van der Waals surface area contributed by atoms with Gasteiger partial charge in [0.2, 0.25) is 0 Å². The molecule has 3 rings (SSSR count). The number of carbonyl (C=O) groups is 1. The molecule has 0 saturated carbocycles. The first-order chi connectivity index (χ1) is 12.5. The molecule has 6 nitrogen and oxygen atoms in total. The highest BCUT2D eigenvalue weighted by Crippen LogP contribution is 2.44. The number of aryl methyl sites for hydroxylation is 1. The van der Waals surface area contributed by atoms with Crippen LogP contribution in [0.3, 0.4) is 0 Å². The van der Waals surface area contributed by atoms with Crippen molar-refractivity contribution in [1.29, 1.82) is 0 Å². The van der Waals surface area contributed by atoms with Crippen molar-refractivity contribution in [3.63, 3.8) is 0 Å². The van der Waals surface area contributed by atoms with Crippen LogP contribution in [0.2, 0.25) is 0 Å². The number of methoxy groups -OCH3 is 2. The highest BCUT2D eigenvalue weighted by Gasteiger charge is 2.38. The van der Waals surface area contributed by atoms with E-state index >= 15 is 0 Å². The second-order valence-corrected chi connectivity index (χ2v) is 6.76. The first kappa shape index (κ1) is 18.4. The van der Waals surface area contributed by atoms with Gasteiger partial charge in [-0.05, 0) is 49.4 Å². The Morgan fingerprint density at radius 2 is 1.92 bits per heavy atom. The number of nitrogens with zero attached hydrogens (tertiary/aromatic N) is 2. The predicted octanol–water partition coefficient (Wildman–Crippen LogP) is 3.78. The van der Waals surface area contributed by atoms with E-state index in [0.717, 1.165) is 16.3 Å². The Labute approximate surface area is 157 Å². The molecule has 0 aromatic heterocycles. The molecule has 2 heterocycles. The molecule has 7 heteroatoms. The van der Waals surface area contributed by atoms with Gasteiger partial charge in [-0.25, -0.2) is 9.79 Å². The molecule has 0 aliphatic carbocycles. The summed E-state index contributed by atoms with van der Waals surface area (Å²) in [5.41, 5.74) is 3.15. The van der Waals surface area contributed by atoms with Crippen LogP contribution >= 0.6 is 11.8 Å². The van der Waals surface area contributed by atoms with Crippen molar-refractivity contribution in [2.75, 3.05) is 20.8 Å². The van der Waals surface area contributed by atoms with Crippen LogP contribution in [0.4, 0.5) is 0 Å². The number of esters is 1. The third kappa shape index (κ3) is 3.07. The third-order valence-electron chi connectivity index (χ3n) is 4.38. The van der Waals surface area contributed by atoms with Crippen molar-refractivity contribution in [2.24, 2.45) is 4.99 Å². The summed E-state index contributed by atoms with van der Waals surface area (Å²) in [6.45, 7) is 5.95. The van der Waals surface area contributed by atoms with Crippen molar-refractivity contribution < 1.29 is 19.0 Å². The second-order valence-electron chi connectivity index (χ2n) is 5.89. The predicted molar refractivity (Wildman–Crippen MR) is 102 cm³/mol. The van der Waals surface area contributed by atoms with Gasteiger partial charge >= 0.3 is 5.97 Å². The van der Waals surface area contributed by atoms with Crippen molar-refractivity contribution >= 4 is 22.9 Å². The average molecular weight is 374 g/mol. The minimum absolute atomic E-state index is 0.314. The smallest absolute Gasteiger partial charge is 0.338 e. The van der Waals surface area contributed by atoms with Crippen molar-refractivity contribution in [3.05, 3.63) is 46.1 Å². The molecular weight excluding hydrogens is 352 g/mol. The number of rotatable bonds is 5. The number of allylic oxidation sites excluding steroid dienone is 1. The largest absolute Gasteiger partial charge is 0.493 e.